The molecule has 0 aliphatic carbocycles. The minimum Gasteiger partial charge on any atom is -0.316 e. The summed E-state index contributed by atoms with van der Waals surface area (Å²) in [7, 11) is 0. The van der Waals surface area contributed by atoms with Gasteiger partial charge < -0.3 is 10.6 Å². The molecule has 2 N–H and O–H groups in total. The SMILES string of the molecule is CC(C)C1(CNCC(F)(F)C(F)F)CCNC1. The topological polar surface area (TPSA) is 24.1 Å². The molecule has 1 rings (SSSR count). The predicted molar refractivity (Wildman–Crippen MR) is 58.6 cm³/mol. The number of nitrogens with one attached hydrogen (secondary N) is 2. The second-order valence-corrected chi connectivity index (χ2v) is 5.11. The average molecular weight is 256 g/mol. The summed E-state index contributed by atoms with van der Waals surface area (Å²) in [5.41, 5.74) is -0.0990. The predicted octanol–water partition coefficient (Wildman–Crippen LogP) is 2.11. The highest BCUT2D eigenvalue weighted by Gasteiger charge is 2.42. The molecule has 0 amide bonds. The summed E-state index contributed by atoms with van der Waals surface area (Å²) in [6.45, 7) is 5.04. The van der Waals surface area contributed by atoms with Gasteiger partial charge in [0.25, 0.3) is 0 Å². The van der Waals surface area contributed by atoms with E-state index in [2.05, 4.69) is 10.6 Å². The van der Waals surface area contributed by atoms with Crippen LogP contribution in [0.15, 0.2) is 0 Å². The van der Waals surface area contributed by atoms with Crippen LogP contribution in [0.3, 0.4) is 0 Å². The van der Waals surface area contributed by atoms with Crippen molar-refractivity contribution in [3.63, 3.8) is 0 Å². The van der Waals surface area contributed by atoms with Gasteiger partial charge in [0.15, 0.2) is 0 Å². The molecule has 1 unspecified atom stereocenters. The zero-order valence-corrected chi connectivity index (χ0v) is 10.2. The van der Waals surface area contributed by atoms with Crippen LogP contribution >= 0.6 is 0 Å². The van der Waals surface area contributed by atoms with E-state index in [0.29, 0.717) is 12.5 Å². The van der Waals surface area contributed by atoms with Crippen molar-refractivity contribution in [1.82, 2.24) is 10.6 Å². The van der Waals surface area contributed by atoms with Crippen LogP contribution in [0.1, 0.15) is 20.3 Å². The van der Waals surface area contributed by atoms with Crippen molar-refractivity contribution < 1.29 is 17.6 Å². The summed E-state index contributed by atoms with van der Waals surface area (Å²) < 4.78 is 49.4. The number of hydrogen-bond donors (Lipinski definition) is 2. The van der Waals surface area contributed by atoms with E-state index in [9.17, 15) is 17.6 Å². The smallest absolute Gasteiger partial charge is 0.316 e. The van der Waals surface area contributed by atoms with Gasteiger partial charge in [-0.2, -0.15) is 8.78 Å². The van der Waals surface area contributed by atoms with E-state index in [1.807, 2.05) is 13.8 Å². The van der Waals surface area contributed by atoms with Crippen LogP contribution in [0.25, 0.3) is 0 Å². The zero-order chi connectivity index (χ0) is 13.1. The van der Waals surface area contributed by atoms with Gasteiger partial charge in [-0.05, 0) is 24.3 Å². The lowest BCUT2D eigenvalue weighted by Crippen LogP contribution is -2.46. The Morgan fingerprint density at radius 1 is 1.35 bits per heavy atom. The fourth-order valence-corrected chi connectivity index (χ4v) is 2.17. The van der Waals surface area contributed by atoms with Gasteiger partial charge in [0, 0.05) is 13.1 Å². The highest BCUT2D eigenvalue weighted by molar-refractivity contribution is 4.92. The Balaban J connectivity index is 2.44. The fourth-order valence-electron chi connectivity index (χ4n) is 2.17. The van der Waals surface area contributed by atoms with Gasteiger partial charge in [0.1, 0.15) is 0 Å². The molecule has 1 aliphatic heterocycles. The summed E-state index contributed by atoms with van der Waals surface area (Å²) in [6.07, 6.45) is -2.72. The van der Waals surface area contributed by atoms with E-state index in [1.165, 1.54) is 0 Å². The van der Waals surface area contributed by atoms with E-state index in [1.54, 1.807) is 0 Å². The van der Waals surface area contributed by atoms with Crippen LogP contribution in [0, 0.1) is 11.3 Å². The highest BCUT2D eigenvalue weighted by atomic mass is 19.3. The third kappa shape index (κ3) is 3.55. The molecule has 0 aromatic heterocycles. The molecule has 0 bridgehead atoms. The van der Waals surface area contributed by atoms with Crippen LogP contribution in [-0.2, 0) is 0 Å². The second kappa shape index (κ2) is 5.52. The molecule has 0 saturated carbocycles. The quantitative estimate of drug-likeness (QED) is 0.711. The van der Waals surface area contributed by atoms with Gasteiger partial charge in [0.05, 0.1) is 6.54 Å². The largest absolute Gasteiger partial charge is 0.319 e. The van der Waals surface area contributed by atoms with Crippen LogP contribution in [0.5, 0.6) is 0 Å². The molecule has 6 heteroatoms. The van der Waals surface area contributed by atoms with Crippen molar-refractivity contribution in [2.24, 2.45) is 11.3 Å². The number of rotatable bonds is 6. The zero-order valence-electron chi connectivity index (χ0n) is 10.2. The maximum atomic E-state index is 12.7. The van der Waals surface area contributed by atoms with Crippen LogP contribution in [0.4, 0.5) is 17.6 Å². The Morgan fingerprint density at radius 2 is 2.00 bits per heavy atom. The molecule has 17 heavy (non-hydrogen) atoms. The fraction of sp³-hybridized carbons (Fsp3) is 1.00. The first-order valence-corrected chi connectivity index (χ1v) is 5.87. The summed E-state index contributed by atoms with van der Waals surface area (Å²) in [4.78, 5) is 0. The van der Waals surface area contributed by atoms with Crippen molar-refractivity contribution in [2.45, 2.75) is 32.6 Å². The molecule has 0 radical (unpaired) electrons. The van der Waals surface area contributed by atoms with Gasteiger partial charge >= 0.3 is 12.3 Å². The van der Waals surface area contributed by atoms with E-state index >= 15 is 0 Å². The highest BCUT2D eigenvalue weighted by Crippen LogP contribution is 2.33. The van der Waals surface area contributed by atoms with Gasteiger partial charge in [-0.3, -0.25) is 0 Å². The van der Waals surface area contributed by atoms with Crippen LogP contribution in [-0.4, -0.2) is 38.5 Å². The summed E-state index contributed by atoms with van der Waals surface area (Å²) in [6, 6.07) is 0. The average Bonchev–Trinajstić information content (AvgIpc) is 2.67. The molecule has 1 saturated heterocycles. The first-order chi connectivity index (χ1) is 7.80. The Bertz CT molecular complexity index is 238. The Hall–Kier alpha value is -0.360. The van der Waals surface area contributed by atoms with E-state index in [0.717, 1.165) is 19.5 Å². The molecule has 1 atom stereocenters. The third-order valence-electron chi connectivity index (χ3n) is 3.66. The monoisotopic (exact) mass is 256 g/mol. The lowest BCUT2D eigenvalue weighted by atomic mass is 9.76. The normalized spacial score (nSPS) is 26.1. The van der Waals surface area contributed by atoms with Crippen molar-refractivity contribution in [3.8, 4) is 0 Å². The maximum absolute atomic E-state index is 12.7. The van der Waals surface area contributed by atoms with E-state index in [4.69, 9.17) is 0 Å². The Morgan fingerprint density at radius 3 is 2.41 bits per heavy atom. The van der Waals surface area contributed by atoms with Crippen molar-refractivity contribution in [3.05, 3.63) is 0 Å². The number of halogens is 4. The standard InChI is InChI=1S/C11H20F4N2/c1-8(2)10(3-4-16-5-10)6-17-7-11(14,15)9(12)13/h8-9,16-17H,3-7H2,1-2H3. The first-order valence-electron chi connectivity index (χ1n) is 5.87. The van der Waals surface area contributed by atoms with Crippen LogP contribution in [0.2, 0.25) is 0 Å². The minimum atomic E-state index is -3.94. The maximum Gasteiger partial charge on any atom is 0.319 e. The lowest BCUT2D eigenvalue weighted by Gasteiger charge is -2.33. The molecule has 0 aromatic rings. The molecule has 0 spiro atoms. The second-order valence-electron chi connectivity index (χ2n) is 5.11. The minimum absolute atomic E-state index is 0.0990. The third-order valence-corrected chi connectivity index (χ3v) is 3.66. The summed E-state index contributed by atoms with van der Waals surface area (Å²) in [5, 5.41) is 5.69. The lowest BCUT2D eigenvalue weighted by molar-refractivity contribution is -0.126. The number of hydrogen-bond acceptors (Lipinski definition) is 2. The number of alkyl halides is 4. The van der Waals surface area contributed by atoms with Gasteiger partial charge in [-0.15, -0.1) is 0 Å². The Kier molecular flexibility index (Phi) is 4.77. The van der Waals surface area contributed by atoms with Gasteiger partial charge in [-0.1, -0.05) is 13.8 Å². The molecule has 2 nitrogen and oxygen atoms in total. The van der Waals surface area contributed by atoms with Crippen LogP contribution < -0.4 is 10.6 Å². The molecule has 1 fully saturated rings. The van der Waals surface area contributed by atoms with E-state index < -0.39 is 18.9 Å². The summed E-state index contributed by atoms with van der Waals surface area (Å²) in [5.74, 6) is -3.62. The van der Waals surface area contributed by atoms with Gasteiger partial charge in [0.2, 0.25) is 0 Å². The molecular formula is C11H20F4N2. The molecule has 102 valence electrons. The van der Waals surface area contributed by atoms with Crippen molar-refractivity contribution in [1.29, 1.82) is 0 Å². The van der Waals surface area contributed by atoms with Crippen molar-refractivity contribution >= 4 is 0 Å². The molecular weight excluding hydrogens is 236 g/mol. The molecule has 1 aliphatic rings. The summed E-state index contributed by atoms with van der Waals surface area (Å²) >= 11 is 0. The van der Waals surface area contributed by atoms with Gasteiger partial charge in [-0.25, -0.2) is 8.78 Å². The Labute approximate surface area is 99.1 Å². The molecule has 1 heterocycles. The first kappa shape index (κ1) is 14.7. The van der Waals surface area contributed by atoms with Crippen molar-refractivity contribution in [2.75, 3.05) is 26.2 Å². The van der Waals surface area contributed by atoms with E-state index in [-0.39, 0.29) is 5.41 Å². The molecule has 0 aromatic carbocycles.